The molecule has 0 atom stereocenters. The number of benzene rings is 2. The first-order chi connectivity index (χ1) is 13.1. The van der Waals surface area contributed by atoms with Crippen LogP contribution in [-0.2, 0) is 14.3 Å². The Labute approximate surface area is 155 Å². The maximum absolute atomic E-state index is 12.2. The summed E-state index contributed by atoms with van der Waals surface area (Å²) < 4.78 is 20.5. The van der Waals surface area contributed by atoms with Crippen molar-refractivity contribution in [3.8, 4) is 11.5 Å². The predicted molar refractivity (Wildman–Crippen MR) is 97.9 cm³/mol. The molecule has 0 N–H and O–H groups in total. The van der Waals surface area contributed by atoms with Crippen LogP contribution in [0.25, 0.3) is 6.08 Å². The molecule has 0 bridgehead atoms. The summed E-state index contributed by atoms with van der Waals surface area (Å²) in [5.41, 5.74) is 1.48. The second-order valence-corrected chi connectivity index (χ2v) is 5.48. The van der Waals surface area contributed by atoms with E-state index in [9.17, 15) is 9.59 Å². The van der Waals surface area contributed by atoms with Crippen LogP contribution in [0.4, 0.5) is 0 Å². The number of rotatable bonds is 5. The average Bonchev–Trinajstić information content (AvgIpc) is 3.07. The molecule has 0 aromatic heterocycles. The molecule has 1 heterocycles. The molecule has 2 aromatic rings. The SMILES string of the molecule is COC(=O)c1ccccc1/C=C1\N=C(c2ccc(OC)c(OC)c2)OC1=O. The van der Waals surface area contributed by atoms with Gasteiger partial charge >= 0.3 is 11.9 Å². The molecule has 0 fully saturated rings. The Balaban J connectivity index is 1.98. The molecule has 1 aliphatic heterocycles. The highest BCUT2D eigenvalue weighted by atomic mass is 16.6. The van der Waals surface area contributed by atoms with E-state index in [1.54, 1.807) is 42.5 Å². The second kappa shape index (κ2) is 7.74. The van der Waals surface area contributed by atoms with Crippen molar-refractivity contribution in [3.63, 3.8) is 0 Å². The highest BCUT2D eigenvalue weighted by molar-refractivity contribution is 6.13. The lowest BCUT2D eigenvalue weighted by Crippen LogP contribution is -2.06. The first kappa shape index (κ1) is 18.2. The van der Waals surface area contributed by atoms with Crippen molar-refractivity contribution < 1.29 is 28.5 Å². The Hall–Kier alpha value is -3.61. The third kappa shape index (κ3) is 3.67. The molecule has 0 amide bonds. The summed E-state index contributed by atoms with van der Waals surface area (Å²) in [6.45, 7) is 0. The Kier molecular flexibility index (Phi) is 5.21. The molecule has 7 heteroatoms. The van der Waals surface area contributed by atoms with Gasteiger partial charge in [-0.3, -0.25) is 0 Å². The van der Waals surface area contributed by atoms with Crippen molar-refractivity contribution in [3.05, 3.63) is 64.9 Å². The zero-order valence-electron chi connectivity index (χ0n) is 15.0. The van der Waals surface area contributed by atoms with Gasteiger partial charge in [0.1, 0.15) is 0 Å². The van der Waals surface area contributed by atoms with Crippen molar-refractivity contribution in [2.75, 3.05) is 21.3 Å². The standard InChI is InChI=1S/C20H17NO6/c1-24-16-9-8-13(11-17(16)25-2)18-21-15(20(23)27-18)10-12-6-4-5-7-14(12)19(22)26-3/h4-11H,1-3H3/b15-10-. The monoisotopic (exact) mass is 367 g/mol. The maximum Gasteiger partial charge on any atom is 0.363 e. The van der Waals surface area contributed by atoms with Gasteiger partial charge in [0.2, 0.25) is 5.90 Å². The van der Waals surface area contributed by atoms with Crippen LogP contribution in [0.15, 0.2) is 53.2 Å². The van der Waals surface area contributed by atoms with Gasteiger partial charge < -0.3 is 18.9 Å². The van der Waals surface area contributed by atoms with Crippen LogP contribution >= 0.6 is 0 Å². The number of hydrogen-bond acceptors (Lipinski definition) is 7. The van der Waals surface area contributed by atoms with Crippen LogP contribution < -0.4 is 9.47 Å². The van der Waals surface area contributed by atoms with Gasteiger partial charge in [0.25, 0.3) is 0 Å². The summed E-state index contributed by atoms with van der Waals surface area (Å²) in [5, 5.41) is 0. The molecular weight excluding hydrogens is 350 g/mol. The fourth-order valence-corrected chi connectivity index (χ4v) is 2.57. The molecule has 7 nitrogen and oxygen atoms in total. The van der Waals surface area contributed by atoms with Gasteiger partial charge in [-0.25, -0.2) is 14.6 Å². The van der Waals surface area contributed by atoms with Gasteiger partial charge in [0, 0.05) is 5.56 Å². The van der Waals surface area contributed by atoms with E-state index < -0.39 is 11.9 Å². The lowest BCUT2D eigenvalue weighted by molar-refractivity contribution is -0.129. The van der Waals surface area contributed by atoms with Gasteiger partial charge in [0.05, 0.1) is 26.9 Å². The Bertz CT molecular complexity index is 961. The average molecular weight is 367 g/mol. The van der Waals surface area contributed by atoms with Gasteiger partial charge in [-0.05, 0) is 35.9 Å². The normalized spacial score (nSPS) is 14.6. The highest BCUT2D eigenvalue weighted by Crippen LogP contribution is 2.29. The summed E-state index contributed by atoms with van der Waals surface area (Å²) >= 11 is 0. The van der Waals surface area contributed by atoms with Crippen molar-refractivity contribution in [1.82, 2.24) is 0 Å². The lowest BCUT2D eigenvalue weighted by Gasteiger charge is -2.08. The summed E-state index contributed by atoms with van der Waals surface area (Å²) in [5.74, 6) is 0.0660. The number of nitrogens with zero attached hydrogens (tertiary/aromatic N) is 1. The third-order valence-electron chi connectivity index (χ3n) is 3.91. The molecule has 1 aliphatic rings. The molecule has 0 saturated heterocycles. The van der Waals surface area contributed by atoms with E-state index in [-0.39, 0.29) is 11.6 Å². The second-order valence-electron chi connectivity index (χ2n) is 5.48. The topological polar surface area (TPSA) is 83.4 Å². The Morgan fingerprint density at radius 1 is 1.04 bits per heavy atom. The summed E-state index contributed by atoms with van der Waals surface area (Å²) in [6.07, 6.45) is 1.49. The molecule has 2 aromatic carbocycles. The van der Waals surface area contributed by atoms with Crippen LogP contribution in [0.2, 0.25) is 0 Å². The zero-order valence-corrected chi connectivity index (χ0v) is 15.0. The summed E-state index contributed by atoms with van der Waals surface area (Å²) in [4.78, 5) is 28.3. The van der Waals surface area contributed by atoms with Gasteiger partial charge in [-0.1, -0.05) is 18.2 Å². The van der Waals surface area contributed by atoms with Gasteiger partial charge in [-0.2, -0.15) is 0 Å². The summed E-state index contributed by atoms with van der Waals surface area (Å²) in [7, 11) is 4.34. The minimum atomic E-state index is -0.612. The number of cyclic esters (lactones) is 1. The Morgan fingerprint density at radius 3 is 2.48 bits per heavy atom. The molecule has 27 heavy (non-hydrogen) atoms. The van der Waals surface area contributed by atoms with E-state index in [1.807, 2.05) is 0 Å². The zero-order chi connectivity index (χ0) is 19.4. The molecule has 0 aliphatic carbocycles. The van der Waals surface area contributed by atoms with Gasteiger partial charge in [0.15, 0.2) is 17.2 Å². The quantitative estimate of drug-likeness (QED) is 0.597. The number of carbonyl (C=O) groups is 2. The molecular formula is C20H17NO6. The van der Waals surface area contributed by atoms with Crippen LogP contribution in [0.1, 0.15) is 21.5 Å². The van der Waals surface area contributed by atoms with Crippen molar-refractivity contribution in [2.24, 2.45) is 4.99 Å². The summed E-state index contributed by atoms with van der Waals surface area (Å²) in [6, 6.07) is 11.8. The fourth-order valence-electron chi connectivity index (χ4n) is 2.57. The number of carbonyl (C=O) groups excluding carboxylic acids is 2. The molecule has 0 unspecified atom stereocenters. The number of ether oxygens (including phenoxy) is 4. The lowest BCUT2D eigenvalue weighted by atomic mass is 10.1. The largest absolute Gasteiger partial charge is 0.493 e. The van der Waals surface area contributed by atoms with E-state index >= 15 is 0 Å². The highest BCUT2D eigenvalue weighted by Gasteiger charge is 2.25. The molecule has 138 valence electrons. The number of hydrogen-bond donors (Lipinski definition) is 0. The van der Waals surface area contributed by atoms with E-state index in [4.69, 9.17) is 18.9 Å². The molecule has 0 saturated carbocycles. The van der Waals surface area contributed by atoms with Crippen LogP contribution in [0.3, 0.4) is 0 Å². The van der Waals surface area contributed by atoms with Crippen LogP contribution in [-0.4, -0.2) is 39.2 Å². The van der Waals surface area contributed by atoms with E-state index in [1.165, 1.54) is 27.4 Å². The number of esters is 2. The van der Waals surface area contributed by atoms with Crippen LogP contribution in [0, 0.1) is 0 Å². The fraction of sp³-hybridized carbons (Fsp3) is 0.150. The minimum Gasteiger partial charge on any atom is -0.493 e. The van der Waals surface area contributed by atoms with E-state index in [0.717, 1.165) is 0 Å². The smallest absolute Gasteiger partial charge is 0.363 e. The van der Waals surface area contributed by atoms with E-state index in [0.29, 0.717) is 28.2 Å². The van der Waals surface area contributed by atoms with Crippen LogP contribution in [0.5, 0.6) is 11.5 Å². The minimum absolute atomic E-state index is 0.0798. The van der Waals surface area contributed by atoms with Crippen molar-refractivity contribution >= 4 is 23.9 Å². The van der Waals surface area contributed by atoms with Crippen molar-refractivity contribution in [1.29, 1.82) is 0 Å². The first-order valence-electron chi connectivity index (χ1n) is 7.99. The Morgan fingerprint density at radius 2 is 1.78 bits per heavy atom. The van der Waals surface area contributed by atoms with Crippen molar-refractivity contribution in [2.45, 2.75) is 0 Å². The predicted octanol–water partition coefficient (Wildman–Crippen LogP) is 2.83. The molecule has 0 radical (unpaired) electrons. The molecule has 3 rings (SSSR count). The number of aliphatic imine (C=N–C) groups is 1. The first-order valence-corrected chi connectivity index (χ1v) is 7.99. The van der Waals surface area contributed by atoms with E-state index in [2.05, 4.69) is 4.99 Å². The third-order valence-corrected chi connectivity index (χ3v) is 3.91. The number of methoxy groups -OCH3 is 3. The molecule has 0 spiro atoms. The van der Waals surface area contributed by atoms with Gasteiger partial charge in [-0.15, -0.1) is 0 Å². The maximum atomic E-state index is 12.2.